The second-order valence-corrected chi connectivity index (χ2v) is 4.40. The van der Waals surface area contributed by atoms with Crippen molar-refractivity contribution >= 4 is 5.91 Å². The van der Waals surface area contributed by atoms with Crippen molar-refractivity contribution in [3.63, 3.8) is 0 Å². The molecule has 4 heteroatoms. The zero-order chi connectivity index (χ0) is 13.7. The molecule has 2 rings (SSSR count). The first-order valence-corrected chi connectivity index (χ1v) is 6.19. The normalized spacial score (nSPS) is 12.1. The lowest BCUT2D eigenvalue weighted by atomic mass is 10.1. The molecule has 1 aromatic carbocycles. The summed E-state index contributed by atoms with van der Waals surface area (Å²) in [5.74, 6) is -0.394. The van der Waals surface area contributed by atoms with Gasteiger partial charge in [0.05, 0.1) is 0 Å². The molecule has 19 heavy (non-hydrogen) atoms. The SMILES string of the molecule is CC(NCc1ccccc1C(N)=O)c1ccncc1. The van der Waals surface area contributed by atoms with Crippen LogP contribution in [0.3, 0.4) is 0 Å². The molecule has 0 aliphatic carbocycles. The van der Waals surface area contributed by atoms with Crippen molar-refractivity contribution in [2.45, 2.75) is 19.5 Å². The average molecular weight is 255 g/mol. The summed E-state index contributed by atoms with van der Waals surface area (Å²) in [4.78, 5) is 15.3. The molecule has 1 aromatic heterocycles. The Morgan fingerprint density at radius 1 is 1.26 bits per heavy atom. The van der Waals surface area contributed by atoms with Crippen LogP contribution in [0.4, 0.5) is 0 Å². The summed E-state index contributed by atoms with van der Waals surface area (Å²) in [6.45, 7) is 2.67. The van der Waals surface area contributed by atoms with Crippen LogP contribution in [0.2, 0.25) is 0 Å². The minimum atomic E-state index is -0.394. The van der Waals surface area contributed by atoms with E-state index in [4.69, 9.17) is 5.73 Å². The van der Waals surface area contributed by atoms with Crippen molar-refractivity contribution < 1.29 is 4.79 Å². The van der Waals surface area contributed by atoms with Gasteiger partial charge in [0.15, 0.2) is 0 Å². The molecule has 1 amide bonds. The van der Waals surface area contributed by atoms with Crippen molar-refractivity contribution in [1.82, 2.24) is 10.3 Å². The number of nitrogens with two attached hydrogens (primary N) is 1. The lowest BCUT2D eigenvalue weighted by molar-refractivity contribution is 0.0999. The van der Waals surface area contributed by atoms with E-state index < -0.39 is 5.91 Å². The Kier molecular flexibility index (Phi) is 4.26. The van der Waals surface area contributed by atoms with Gasteiger partial charge in [-0.2, -0.15) is 0 Å². The van der Waals surface area contributed by atoms with E-state index >= 15 is 0 Å². The number of amides is 1. The summed E-state index contributed by atoms with van der Waals surface area (Å²) < 4.78 is 0. The van der Waals surface area contributed by atoms with Crippen LogP contribution in [0.25, 0.3) is 0 Å². The summed E-state index contributed by atoms with van der Waals surface area (Å²) in [6, 6.07) is 11.5. The number of benzene rings is 1. The van der Waals surface area contributed by atoms with E-state index in [1.165, 1.54) is 0 Å². The van der Waals surface area contributed by atoms with Crippen molar-refractivity contribution in [2.75, 3.05) is 0 Å². The molecule has 0 aliphatic rings. The second-order valence-electron chi connectivity index (χ2n) is 4.40. The molecule has 1 atom stereocenters. The Morgan fingerprint density at radius 2 is 1.95 bits per heavy atom. The first-order chi connectivity index (χ1) is 9.18. The number of pyridine rings is 1. The van der Waals surface area contributed by atoms with Crippen LogP contribution in [-0.2, 0) is 6.54 Å². The number of nitrogens with zero attached hydrogens (tertiary/aromatic N) is 1. The van der Waals surface area contributed by atoms with E-state index in [1.54, 1.807) is 18.5 Å². The van der Waals surface area contributed by atoms with Crippen LogP contribution in [0, 0.1) is 0 Å². The molecule has 0 aliphatic heterocycles. The summed E-state index contributed by atoms with van der Waals surface area (Å²) in [5, 5.41) is 3.37. The number of carbonyl (C=O) groups excluding carboxylic acids is 1. The zero-order valence-electron chi connectivity index (χ0n) is 10.8. The van der Waals surface area contributed by atoms with E-state index in [0.717, 1.165) is 11.1 Å². The van der Waals surface area contributed by atoms with E-state index in [9.17, 15) is 4.79 Å². The maximum atomic E-state index is 11.3. The first kappa shape index (κ1) is 13.2. The maximum absolute atomic E-state index is 11.3. The summed E-state index contributed by atoms with van der Waals surface area (Å²) in [6.07, 6.45) is 3.54. The van der Waals surface area contributed by atoms with Crippen LogP contribution >= 0.6 is 0 Å². The van der Waals surface area contributed by atoms with Gasteiger partial charge >= 0.3 is 0 Å². The smallest absolute Gasteiger partial charge is 0.249 e. The quantitative estimate of drug-likeness (QED) is 0.859. The molecular formula is C15H17N3O. The van der Waals surface area contributed by atoms with Gasteiger partial charge in [0, 0.05) is 30.5 Å². The van der Waals surface area contributed by atoms with E-state index in [-0.39, 0.29) is 6.04 Å². The van der Waals surface area contributed by atoms with Crippen molar-refractivity contribution in [2.24, 2.45) is 5.73 Å². The third-order valence-electron chi connectivity index (χ3n) is 3.09. The highest BCUT2D eigenvalue weighted by molar-refractivity contribution is 5.94. The summed E-state index contributed by atoms with van der Waals surface area (Å²) in [5.41, 5.74) is 8.00. The molecule has 0 saturated carbocycles. The highest BCUT2D eigenvalue weighted by atomic mass is 16.1. The number of carbonyl (C=O) groups is 1. The number of rotatable bonds is 5. The van der Waals surface area contributed by atoms with Gasteiger partial charge in [-0.25, -0.2) is 0 Å². The molecule has 0 spiro atoms. The number of aromatic nitrogens is 1. The molecule has 1 unspecified atom stereocenters. The fourth-order valence-electron chi connectivity index (χ4n) is 1.95. The largest absolute Gasteiger partial charge is 0.366 e. The topological polar surface area (TPSA) is 68.0 Å². The lowest BCUT2D eigenvalue weighted by Gasteiger charge is -2.15. The van der Waals surface area contributed by atoms with Crippen LogP contribution in [0.15, 0.2) is 48.8 Å². The lowest BCUT2D eigenvalue weighted by Crippen LogP contribution is -2.21. The standard InChI is InChI=1S/C15H17N3O/c1-11(12-6-8-17-9-7-12)18-10-13-4-2-3-5-14(13)15(16)19/h2-9,11,18H,10H2,1H3,(H2,16,19). The number of hydrogen-bond acceptors (Lipinski definition) is 3. The highest BCUT2D eigenvalue weighted by Crippen LogP contribution is 2.13. The Labute approximate surface area is 112 Å². The molecular weight excluding hydrogens is 238 g/mol. The minimum absolute atomic E-state index is 0.184. The van der Waals surface area contributed by atoms with Gasteiger partial charge in [0.25, 0.3) is 0 Å². The number of hydrogen-bond donors (Lipinski definition) is 2. The monoisotopic (exact) mass is 255 g/mol. The number of primary amides is 1. The van der Waals surface area contributed by atoms with Crippen LogP contribution < -0.4 is 11.1 Å². The molecule has 4 nitrogen and oxygen atoms in total. The highest BCUT2D eigenvalue weighted by Gasteiger charge is 2.09. The Bertz CT molecular complexity index is 554. The number of nitrogens with one attached hydrogen (secondary N) is 1. The second kappa shape index (κ2) is 6.11. The Hall–Kier alpha value is -2.20. The van der Waals surface area contributed by atoms with Gasteiger partial charge in [-0.1, -0.05) is 18.2 Å². The van der Waals surface area contributed by atoms with Gasteiger partial charge in [0.2, 0.25) is 5.91 Å². The molecule has 0 saturated heterocycles. The van der Waals surface area contributed by atoms with Gasteiger partial charge in [-0.05, 0) is 36.2 Å². The van der Waals surface area contributed by atoms with Crippen molar-refractivity contribution in [1.29, 1.82) is 0 Å². The van der Waals surface area contributed by atoms with Crippen LogP contribution in [0.5, 0.6) is 0 Å². The predicted octanol–water partition coefficient (Wildman–Crippen LogP) is 2.03. The molecule has 2 aromatic rings. The van der Waals surface area contributed by atoms with E-state index in [0.29, 0.717) is 12.1 Å². The maximum Gasteiger partial charge on any atom is 0.249 e. The Morgan fingerprint density at radius 3 is 2.63 bits per heavy atom. The minimum Gasteiger partial charge on any atom is -0.366 e. The van der Waals surface area contributed by atoms with Crippen molar-refractivity contribution in [3.05, 3.63) is 65.5 Å². The van der Waals surface area contributed by atoms with Crippen LogP contribution in [-0.4, -0.2) is 10.9 Å². The molecule has 1 heterocycles. The molecule has 0 fully saturated rings. The van der Waals surface area contributed by atoms with Gasteiger partial charge in [-0.3, -0.25) is 9.78 Å². The van der Waals surface area contributed by atoms with E-state index in [2.05, 4.69) is 17.2 Å². The van der Waals surface area contributed by atoms with Gasteiger partial charge in [-0.15, -0.1) is 0 Å². The van der Waals surface area contributed by atoms with Gasteiger partial charge in [0.1, 0.15) is 0 Å². The molecule has 3 N–H and O–H groups in total. The average Bonchev–Trinajstić information content (AvgIpc) is 2.46. The molecule has 98 valence electrons. The summed E-state index contributed by atoms with van der Waals surface area (Å²) in [7, 11) is 0. The fraction of sp³-hybridized carbons (Fsp3) is 0.200. The third-order valence-corrected chi connectivity index (χ3v) is 3.09. The zero-order valence-corrected chi connectivity index (χ0v) is 10.8. The van der Waals surface area contributed by atoms with Crippen molar-refractivity contribution in [3.8, 4) is 0 Å². The van der Waals surface area contributed by atoms with Crippen LogP contribution in [0.1, 0.15) is 34.5 Å². The van der Waals surface area contributed by atoms with Gasteiger partial charge < -0.3 is 11.1 Å². The predicted molar refractivity (Wildman–Crippen MR) is 74.5 cm³/mol. The first-order valence-electron chi connectivity index (χ1n) is 6.19. The fourth-order valence-corrected chi connectivity index (χ4v) is 1.95. The van der Waals surface area contributed by atoms with E-state index in [1.807, 2.05) is 30.3 Å². The molecule has 0 radical (unpaired) electrons. The third kappa shape index (κ3) is 3.39. The Balaban J connectivity index is 2.05. The molecule has 0 bridgehead atoms. The summed E-state index contributed by atoms with van der Waals surface area (Å²) >= 11 is 0.